The third-order valence-electron chi connectivity index (χ3n) is 5.09. The zero-order valence-corrected chi connectivity index (χ0v) is 23.6. The van der Waals surface area contributed by atoms with Gasteiger partial charge in [0.2, 0.25) is 0 Å². The monoisotopic (exact) mass is 457 g/mol. The summed E-state index contributed by atoms with van der Waals surface area (Å²) in [4.78, 5) is 0. The molecule has 0 aromatic rings. The number of hydrogen-bond donors (Lipinski definition) is 0. The molecule has 0 amide bonds. The topological polar surface area (TPSA) is 18.5 Å². The van der Waals surface area contributed by atoms with Gasteiger partial charge in [-0.2, -0.15) is 0 Å². The van der Waals surface area contributed by atoms with Gasteiger partial charge < -0.3 is 0 Å². The van der Waals surface area contributed by atoms with Crippen LogP contribution in [0.25, 0.3) is 0 Å². The minimum atomic E-state index is -1.64. The van der Waals surface area contributed by atoms with Gasteiger partial charge in [-0.05, 0) is 0 Å². The Kier molecular flexibility index (Phi) is 7.74. The first-order chi connectivity index (χ1) is 11.5. The van der Waals surface area contributed by atoms with Gasteiger partial charge in [0.25, 0.3) is 0 Å². The molecule has 0 bridgehead atoms. The molecular formula is C21H43GeO2Si2. The SMILES string of the molecule is CC1=C(C)C[C@@](O[Si](C)(C)C)(C(C)(C)C)[Ge]([CH2]/C=C(\C)O[Si](C)(C)C)[CH2]1. The van der Waals surface area contributed by atoms with Crippen molar-refractivity contribution in [3.05, 3.63) is 23.0 Å². The normalized spacial score (nSPS) is 24.2. The first kappa shape index (κ1) is 24.3. The summed E-state index contributed by atoms with van der Waals surface area (Å²) in [5, 5.41) is 2.49. The van der Waals surface area contributed by atoms with Crippen molar-refractivity contribution in [3.8, 4) is 0 Å². The fraction of sp³-hybridized carbons (Fsp3) is 0.810. The van der Waals surface area contributed by atoms with Gasteiger partial charge in [-0.15, -0.1) is 0 Å². The Bertz CT molecular complexity index is 562. The van der Waals surface area contributed by atoms with Crippen LogP contribution in [0, 0.1) is 5.41 Å². The molecule has 1 aliphatic rings. The molecule has 0 aliphatic carbocycles. The fourth-order valence-corrected chi connectivity index (χ4v) is 17.3. The van der Waals surface area contributed by atoms with Gasteiger partial charge >= 0.3 is 170 Å². The van der Waals surface area contributed by atoms with Crippen LogP contribution in [0.2, 0.25) is 49.8 Å². The van der Waals surface area contributed by atoms with Crippen LogP contribution in [0.4, 0.5) is 0 Å². The number of allylic oxidation sites excluding steroid dienone is 3. The molecule has 0 fully saturated rings. The average Bonchev–Trinajstić information content (AvgIpc) is 2.36. The van der Waals surface area contributed by atoms with Crippen LogP contribution < -0.4 is 0 Å². The van der Waals surface area contributed by atoms with Crippen molar-refractivity contribution in [1.29, 1.82) is 0 Å². The Balaban J connectivity index is 3.27. The van der Waals surface area contributed by atoms with E-state index in [9.17, 15) is 0 Å². The molecule has 1 atom stereocenters. The molecule has 0 spiro atoms. The van der Waals surface area contributed by atoms with E-state index in [1.807, 2.05) is 0 Å². The summed E-state index contributed by atoms with van der Waals surface area (Å²) in [6, 6.07) is 0. The van der Waals surface area contributed by atoms with Crippen LogP contribution >= 0.6 is 0 Å². The number of rotatable bonds is 6. The van der Waals surface area contributed by atoms with E-state index in [0.29, 0.717) is 0 Å². The van der Waals surface area contributed by atoms with E-state index in [-0.39, 0.29) is 9.85 Å². The van der Waals surface area contributed by atoms with Crippen LogP contribution in [0.3, 0.4) is 0 Å². The van der Waals surface area contributed by atoms with Gasteiger partial charge in [-0.1, -0.05) is 0 Å². The summed E-state index contributed by atoms with van der Waals surface area (Å²) in [5.41, 5.74) is 3.36. The molecule has 1 rings (SSSR count). The van der Waals surface area contributed by atoms with Crippen LogP contribution in [0.1, 0.15) is 48.0 Å². The van der Waals surface area contributed by atoms with Crippen molar-refractivity contribution in [2.24, 2.45) is 5.41 Å². The van der Waals surface area contributed by atoms with Gasteiger partial charge in [0.15, 0.2) is 0 Å². The van der Waals surface area contributed by atoms with Crippen molar-refractivity contribution >= 4 is 31.0 Å². The number of hydrogen-bond acceptors (Lipinski definition) is 2. The molecule has 1 heterocycles. The van der Waals surface area contributed by atoms with Gasteiger partial charge in [0.05, 0.1) is 0 Å². The predicted octanol–water partition coefficient (Wildman–Crippen LogP) is 7.15. The average molecular weight is 456 g/mol. The van der Waals surface area contributed by atoms with E-state index in [4.69, 9.17) is 8.85 Å². The summed E-state index contributed by atoms with van der Waals surface area (Å²) >= 11 is -1.55. The molecule has 0 unspecified atom stereocenters. The molecule has 0 saturated heterocycles. The third kappa shape index (κ3) is 6.68. The molecule has 151 valence electrons. The van der Waals surface area contributed by atoms with Crippen LogP contribution in [-0.4, -0.2) is 35.4 Å². The van der Waals surface area contributed by atoms with Gasteiger partial charge in [-0.25, -0.2) is 0 Å². The van der Waals surface area contributed by atoms with Gasteiger partial charge in [-0.3, -0.25) is 0 Å². The van der Waals surface area contributed by atoms with E-state index >= 15 is 0 Å². The molecule has 0 aromatic carbocycles. The maximum absolute atomic E-state index is 7.11. The molecule has 26 heavy (non-hydrogen) atoms. The van der Waals surface area contributed by atoms with Gasteiger partial charge in [0.1, 0.15) is 0 Å². The van der Waals surface area contributed by atoms with Crippen molar-refractivity contribution in [2.45, 2.75) is 102 Å². The maximum atomic E-state index is 7.11. The first-order valence-corrected chi connectivity index (χ1v) is 20.9. The molecule has 0 N–H and O–H groups in total. The Hall–Kier alpha value is 0.217. The fourth-order valence-electron chi connectivity index (χ4n) is 3.87. The van der Waals surface area contributed by atoms with Crippen LogP contribution in [0.5, 0.6) is 0 Å². The Morgan fingerprint density at radius 2 is 1.58 bits per heavy atom. The van der Waals surface area contributed by atoms with Crippen molar-refractivity contribution in [1.82, 2.24) is 0 Å². The quantitative estimate of drug-likeness (QED) is 0.240. The van der Waals surface area contributed by atoms with Crippen LogP contribution in [-0.2, 0) is 8.85 Å². The van der Waals surface area contributed by atoms with Crippen molar-refractivity contribution in [2.75, 3.05) is 0 Å². The zero-order chi connectivity index (χ0) is 20.6. The Morgan fingerprint density at radius 3 is 2.00 bits per heavy atom. The molecule has 0 saturated carbocycles. The minimum absolute atomic E-state index is 0.0665. The summed E-state index contributed by atoms with van der Waals surface area (Å²) in [7, 11) is -3.17. The second-order valence-electron chi connectivity index (χ2n) is 11.0. The molecular weight excluding hydrogens is 413 g/mol. The van der Waals surface area contributed by atoms with E-state index < -0.39 is 31.0 Å². The second kappa shape index (κ2) is 8.30. The molecule has 0 aromatic heterocycles. The van der Waals surface area contributed by atoms with E-state index in [1.54, 1.807) is 11.1 Å². The molecule has 1 aliphatic heterocycles. The molecule has 2 nitrogen and oxygen atoms in total. The zero-order valence-electron chi connectivity index (χ0n) is 19.5. The van der Waals surface area contributed by atoms with E-state index in [1.165, 1.54) is 10.5 Å². The molecule has 5 heteroatoms. The second-order valence-corrected chi connectivity index (χ2v) is 25.7. The van der Waals surface area contributed by atoms with Crippen molar-refractivity contribution in [3.63, 3.8) is 0 Å². The molecule has 1 radical (unpaired) electrons. The van der Waals surface area contributed by atoms with E-state index in [0.717, 1.165) is 12.2 Å². The first-order valence-electron chi connectivity index (χ1n) is 10.0. The van der Waals surface area contributed by atoms with Crippen LogP contribution in [0.15, 0.2) is 23.0 Å². The Labute approximate surface area is 170 Å². The summed E-state index contributed by atoms with van der Waals surface area (Å²) in [6.45, 7) is 27.9. The van der Waals surface area contributed by atoms with Crippen molar-refractivity contribution < 1.29 is 8.85 Å². The summed E-state index contributed by atoms with van der Waals surface area (Å²) in [5.74, 6) is 1.13. The van der Waals surface area contributed by atoms with E-state index in [2.05, 4.69) is 86.9 Å². The summed E-state index contributed by atoms with van der Waals surface area (Å²) in [6.07, 6.45) is 3.53. The third-order valence-corrected chi connectivity index (χ3v) is 15.4. The summed E-state index contributed by atoms with van der Waals surface area (Å²) < 4.78 is 13.4. The van der Waals surface area contributed by atoms with Gasteiger partial charge in [0, 0.05) is 0 Å². The Morgan fingerprint density at radius 1 is 1.04 bits per heavy atom. The standard InChI is InChI=1S/C21H43GeO2Si2/c1-17-15-21(20(4,5)6,24-26(10,11)12)22(16-18(17)2)14-13-19(3)23-25(7,8)9/h13H,14-16H2,1-12H3/b19-13+/t21-/m1/s1. The predicted molar refractivity (Wildman–Crippen MR) is 123 cm³/mol.